The van der Waals surface area contributed by atoms with E-state index in [0.29, 0.717) is 41.0 Å². The fraction of sp³-hybridized carbons (Fsp3) is 0.318. The van der Waals surface area contributed by atoms with Crippen LogP contribution in [0.4, 0.5) is 0 Å². The minimum absolute atomic E-state index is 0.187. The Morgan fingerprint density at radius 2 is 1.96 bits per heavy atom. The molecule has 144 valence electrons. The Balaban J connectivity index is 1.58. The Hall–Kier alpha value is -2.99. The molecule has 3 aromatic rings. The van der Waals surface area contributed by atoms with Gasteiger partial charge < -0.3 is 18.6 Å². The average molecular weight is 379 g/mol. The second kappa shape index (κ2) is 6.56. The van der Waals surface area contributed by atoms with Crippen LogP contribution >= 0.6 is 0 Å². The highest BCUT2D eigenvalue weighted by molar-refractivity contribution is 5.83. The minimum atomic E-state index is -0.187. The van der Waals surface area contributed by atoms with Crippen LogP contribution in [-0.4, -0.2) is 24.8 Å². The maximum absolute atomic E-state index is 13.2. The Kier molecular flexibility index (Phi) is 4.02. The summed E-state index contributed by atoms with van der Waals surface area (Å²) in [5.41, 5.74) is 1.33. The summed E-state index contributed by atoms with van der Waals surface area (Å²) >= 11 is 0. The van der Waals surface area contributed by atoms with Crippen LogP contribution in [0.15, 0.2) is 45.6 Å². The van der Waals surface area contributed by atoms with Crippen molar-refractivity contribution >= 4 is 11.0 Å². The summed E-state index contributed by atoms with van der Waals surface area (Å²) in [6.07, 6.45) is 2.40. The van der Waals surface area contributed by atoms with E-state index in [1.165, 1.54) is 12.8 Å². The number of methoxy groups -OCH3 is 1. The van der Waals surface area contributed by atoms with E-state index in [0.717, 1.165) is 17.9 Å². The normalized spacial score (nSPS) is 16.5. The summed E-state index contributed by atoms with van der Waals surface area (Å²) in [6, 6.07) is 11.3. The molecule has 1 aromatic heterocycles. The van der Waals surface area contributed by atoms with Crippen LogP contribution < -0.4 is 19.6 Å². The van der Waals surface area contributed by atoms with Gasteiger partial charge in [-0.2, -0.15) is 0 Å². The van der Waals surface area contributed by atoms with E-state index in [1.807, 2.05) is 18.2 Å². The number of aryl methyl sites for hydroxylation is 1. The fourth-order valence-electron chi connectivity index (χ4n) is 3.65. The van der Waals surface area contributed by atoms with Crippen molar-refractivity contribution in [3.8, 4) is 23.0 Å². The molecular weight excluding hydrogens is 358 g/mol. The van der Waals surface area contributed by atoms with Gasteiger partial charge in [0.25, 0.3) is 0 Å². The molecule has 5 rings (SSSR count). The molecule has 0 radical (unpaired) electrons. The zero-order valence-electron chi connectivity index (χ0n) is 15.9. The van der Waals surface area contributed by atoms with E-state index < -0.39 is 0 Å². The van der Waals surface area contributed by atoms with Gasteiger partial charge in [-0.1, -0.05) is 6.07 Å². The van der Waals surface area contributed by atoms with Gasteiger partial charge in [0.2, 0.25) is 11.2 Å². The van der Waals surface area contributed by atoms with Crippen molar-refractivity contribution in [2.45, 2.75) is 32.4 Å². The van der Waals surface area contributed by atoms with Crippen molar-refractivity contribution in [2.24, 2.45) is 0 Å². The van der Waals surface area contributed by atoms with Crippen molar-refractivity contribution in [2.75, 3.05) is 13.8 Å². The smallest absolute Gasteiger partial charge is 0.235 e. The van der Waals surface area contributed by atoms with Gasteiger partial charge in [-0.3, -0.25) is 9.69 Å². The molecule has 0 amide bonds. The van der Waals surface area contributed by atoms with Gasteiger partial charge in [0, 0.05) is 18.7 Å². The summed E-state index contributed by atoms with van der Waals surface area (Å²) in [7, 11) is 1.59. The van der Waals surface area contributed by atoms with Gasteiger partial charge >= 0.3 is 0 Å². The summed E-state index contributed by atoms with van der Waals surface area (Å²) in [5, 5.41) is 0.503. The van der Waals surface area contributed by atoms with Crippen LogP contribution in [-0.2, 0) is 6.54 Å². The number of hydrogen-bond donors (Lipinski definition) is 0. The maximum atomic E-state index is 13.2. The second-order valence-corrected chi connectivity index (χ2v) is 7.27. The highest BCUT2D eigenvalue weighted by atomic mass is 16.5. The van der Waals surface area contributed by atoms with Crippen LogP contribution in [0.5, 0.6) is 23.0 Å². The topological polar surface area (TPSA) is 61.1 Å². The molecule has 0 unspecified atom stereocenters. The molecule has 0 saturated heterocycles. The molecule has 0 bridgehead atoms. The predicted octanol–water partition coefficient (Wildman–Crippen LogP) is 4.22. The van der Waals surface area contributed by atoms with Crippen molar-refractivity contribution in [3.05, 3.63) is 57.9 Å². The molecular formula is C22H21NO5. The Bertz CT molecular complexity index is 1120. The summed E-state index contributed by atoms with van der Waals surface area (Å²) in [5.74, 6) is 2.60. The lowest BCUT2D eigenvalue weighted by Crippen LogP contribution is -2.33. The summed E-state index contributed by atoms with van der Waals surface area (Å²) in [4.78, 5) is 15.4. The van der Waals surface area contributed by atoms with Crippen LogP contribution in [0, 0.1) is 6.92 Å². The van der Waals surface area contributed by atoms with E-state index in [9.17, 15) is 4.79 Å². The Morgan fingerprint density at radius 1 is 1.14 bits per heavy atom. The minimum Gasteiger partial charge on any atom is -0.497 e. The standard InChI is InChI=1S/C22H21NO5/c1-13-21(28-16-5-3-4-15(10-16)25-2)20(24)17-8-9-19-18(22(17)27-13)11-23(12-26-19)14-6-7-14/h3-5,8-10,14H,6-7,11-12H2,1-2H3. The Labute approximate surface area is 162 Å². The van der Waals surface area contributed by atoms with Gasteiger partial charge in [0.05, 0.1) is 18.1 Å². The summed E-state index contributed by atoms with van der Waals surface area (Å²) in [6.45, 7) is 3.07. The largest absolute Gasteiger partial charge is 0.497 e. The van der Waals surface area contributed by atoms with E-state index in [2.05, 4.69) is 4.90 Å². The fourth-order valence-corrected chi connectivity index (χ4v) is 3.65. The highest BCUT2D eigenvalue weighted by Gasteiger charge is 2.33. The first-order valence-electron chi connectivity index (χ1n) is 9.42. The first-order valence-corrected chi connectivity index (χ1v) is 9.42. The lowest BCUT2D eigenvalue weighted by atomic mass is 10.1. The van der Waals surface area contributed by atoms with Crippen molar-refractivity contribution in [3.63, 3.8) is 0 Å². The molecule has 1 aliphatic carbocycles. The number of hydrogen-bond acceptors (Lipinski definition) is 6. The lowest BCUT2D eigenvalue weighted by molar-refractivity contribution is 0.0885. The SMILES string of the molecule is COc1cccc(Oc2c(C)oc3c4c(ccc3c2=O)OCN(C2CC2)C4)c1. The molecule has 6 nitrogen and oxygen atoms in total. The van der Waals surface area contributed by atoms with E-state index in [1.54, 1.807) is 32.2 Å². The zero-order chi connectivity index (χ0) is 19.3. The van der Waals surface area contributed by atoms with E-state index in [-0.39, 0.29) is 11.2 Å². The first kappa shape index (κ1) is 17.1. The van der Waals surface area contributed by atoms with Crippen LogP contribution in [0.2, 0.25) is 0 Å². The van der Waals surface area contributed by atoms with Crippen molar-refractivity contribution in [1.82, 2.24) is 4.90 Å². The van der Waals surface area contributed by atoms with Gasteiger partial charge in [-0.05, 0) is 44.0 Å². The molecule has 0 spiro atoms. The van der Waals surface area contributed by atoms with E-state index in [4.69, 9.17) is 18.6 Å². The van der Waals surface area contributed by atoms with Crippen molar-refractivity contribution in [1.29, 1.82) is 0 Å². The maximum Gasteiger partial charge on any atom is 0.235 e. The Morgan fingerprint density at radius 3 is 2.75 bits per heavy atom. The molecule has 1 saturated carbocycles. The third kappa shape index (κ3) is 2.90. The number of nitrogens with zero attached hydrogens (tertiary/aromatic N) is 1. The molecule has 2 heterocycles. The van der Waals surface area contributed by atoms with Gasteiger partial charge in [0.15, 0.2) is 0 Å². The third-order valence-corrected chi connectivity index (χ3v) is 5.31. The third-order valence-electron chi connectivity index (χ3n) is 5.31. The molecule has 28 heavy (non-hydrogen) atoms. The monoisotopic (exact) mass is 379 g/mol. The molecule has 0 atom stereocenters. The number of rotatable bonds is 4. The van der Waals surface area contributed by atoms with Crippen molar-refractivity contribution < 1.29 is 18.6 Å². The molecule has 1 aliphatic heterocycles. The van der Waals surface area contributed by atoms with Crippen LogP contribution in [0.25, 0.3) is 11.0 Å². The zero-order valence-corrected chi connectivity index (χ0v) is 15.9. The number of benzene rings is 2. The lowest BCUT2D eigenvalue weighted by Gasteiger charge is -2.29. The molecule has 0 N–H and O–H groups in total. The van der Waals surface area contributed by atoms with Crippen LogP contribution in [0.3, 0.4) is 0 Å². The van der Waals surface area contributed by atoms with Crippen LogP contribution in [0.1, 0.15) is 24.2 Å². The molecule has 2 aromatic carbocycles. The van der Waals surface area contributed by atoms with Gasteiger partial charge in [-0.15, -0.1) is 0 Å². The second-order valence-electron chi connectivity index (χ2n) is 7.27. The predicted molar refractivity (Wildman–Crippen MR) is 104 cm³/mol. The quantitative estimate of drug-likeness (QED) is 0.677. The van der Waals surface area contributed by atoms with Gasteiger partial charge in [0.1, 0.15) is 35.3 Å². The molecule has 1 fully saturated rings. The molecule has 2 aliphatic rings. The first-order chi connectivity index (χ1) is 13.6. The summed E-state index contributed by atoms with van der Waals surface area (Å²) < 4.78 is 23.1. The average Bonchev–Trinajstić information content (AvgIpc) is 3.56. The van der Waals surface area contributed by atoms with Gasteiger partial charge in [-0.25, -0.2) is 0 Å². The highest BCUT2D eigenvalue weighted by Crippen LogP contribution is 2.38. The van der Waals surface area contributed by atoms with E-state index >= 15 is 0 Å². The number of fused-ring (bicyclic) bond motifs is 3. The molecule has 6 heteroatoms. The number of ether oxygens (including phenoxy) is 3.